The zero-order valence-corrected chi connectivity index (χ0v) is 25.3. The predicted octanol–water partition coefficient (Wildman–Crippen LogP) is 6.64. The fourth-order valence-electron chi connectivity index (χ4n) is 5.14. The van der Waals surface area contributed by atoms with Gasteiger partial charge in [0.2, 0.25) is 0 Å². The third-order valence-electron chi connectivity index (χ3n) is 7.78. The van der Waals surface area contributed by atoms with Gasteiger partial charge in [0.05, 0.1) is 0 Å². The fraction of sp³-hybridized carbons (Fsp3) is 0.917. The Bertz CT molecular complexity index is 677. The molecular weight excluding hydrogens is 502 g/mol. The summed E-state index contributed by atoms with van der Waals surface area (Å²) < 4.78 is 26.3. The maximum absolute atomic E-state index is 13.2. The lowest BCUT2D eigenvalue weighted by Gasteiger charge is -2.41. The van der Waals surface area contributed by atoms with Gasteiger partial charge in [0, 0.05) is 49.8 Å². The van der Waals surface area contributed by atoms with Gasteiger partial charge >= 0.3 is 0 Å². The van der Waals surface area contributed by atoms with E-state index in [0.717, 1.165) is 38.8 Å². The van der Waals surface area contributed by atoms with Crippen molar-refractivity contribution in [2.45, 2.75) is 104 Å². The van der Waals surface area contributed by atoms with E-state index in [9.17, 15) is 9.13 Å². The lowest BCUT2D eigenvalue weighted by molar-refractivity contribution is 0.193. The van der Waals surface area contributed by atoms with Crippen LogP contribution in [-0.2, 0) is 9.13 Å². The molecule has 0 amide bonds. The molecule has 0 aliphatic heterocycles. The predicted molar refractivity (Wildman–Crippen MR) is 156 cm³/mol. The zero-order chi connectivity index (χ0) is 25.2. The van der Waals surface area contributed by atoms with E-state index in [0.29, 0.717) is 47.0 Å². The van der Waals surface area contributed by atoms with E-state index < -0.39 is 14.6 Å². The summed E-state index contributed by atoms with van der Waals surface area (Å²) in [6, 6.07) is 0.756. The Labute approximate surface area is 219 Å². The van der Waals surface area contributed by atoms with Crippen LogP contribution < -0.4 is 10.2 Å². The molecule has 0 bridgehead atoms. The summed E-state index contributed by atoms with van der Waals surface area (Å²) in [7, 11) is -4.99. The molecule has 2 saturated carbocycles. The van der Waals surface area contributed by atoms with Gasteiger partial charge in [0.25, 0.3) is 0 Å². The molecule has 2 N–H and O–H groups in total. The summed E-state index contributed by atoms with van der Waals surface area (Å²) in [5.41, 5.74) is 0. The average molecular weight is 551 g/mol. The standard InChI is InChI=1S/C24H48N4O2P2S2/c1-5-31(29,6-2)25-23(33)27(21-15-11-9-12-16-21)19-20-28(22-17-13-10-14-18-22)24(34)26-32(30,7-3)8-4/h21-22H,5-20H2,1-4H3,(H,25,29,33)(H,26,30,34). The highest BCUT2D eigenvalue weighted by molar-refractivity contribution is 7.81. The van der Waals surface area contributed by atoms with Crippen LogP contribution in [-0.4, -0.2) is 69.8 Å². The number of nitrogens with zero attached hydrogens (tertiary/aromatic N) is 2. The first-order chi connectivity index (χ1) is 16.2. The SMILES string of the molecule is CCP(=O)(CC)NC(=S)N(CCN(C(=S)NP(=O)(CC)CC)C1CCCCC1)C1CCCCC1. The van der Waals surface area contributed by atoms with E-state index in [1.807, 2.05) is 27.7 Å². The van der Waals surface area contributed by atoms with Gasteiger partial charge in [-0.25, -0.2) is 0 Å². The second-order valence-electron chi connectivity index (χ2n) is 9.85. The molecule has 2 rings (SSSR count). The van der Waals surface area contributed by atoms with Gasteiger partial charge < -0.3 is 29.1 Å². The van der Waals surface area contributed by atoms with Gasteiger partial charge in [-0.2, -0.15) is 0 Å². The van der Waals surface area contributed by atoms with Crippen LogP contribution in [0.4, 0.5) is 0 Å². The van der Waals surface area contributed by atoms with E-state index >= 15 is 0 Å². The summed E-state index contributed by atoms with van der Waals surface area (Å²) >= 11 is 11.7. The monoisotopic (exact) mass is 550 g/mol. The molecule has 0 radical (unpaired) electrons. The lowest BCUT2D eigenvalue weighted by atomic mass is 9.93. The molecule has 0 spiro atoms. The van der Waals surface area contributed by atoms with Gasteiger partial charge in [0.15, 0.2) is 24.8 Å². The molecule has 10 heteroatoms. The molecule has 198 valence electrons. The number of hydrogen-bond acceptors (Lipinski definition) is 4. The molecule has 0 aromatic rings. The largest absolute Gasteiger partial charge is 0.344 e. The van der Waals surface area contributed by atoms with Crippen LogP contribution >= 0.6 is 39.0 Å². The molecule has 0 aromatic carbocycles. The Balaban J connectivity index is 2.21. The summed E-state index contributed by atoms with van der Waals surface area (Å²) in [5, 5.41) is 7.83. The van der Waals surface area contributed by atoms with Crippen LogP contribution in [0.25, 0.3) is 0 Å². The molecule has 6 nitrogen and oxygen atoms in total. The van der Waals surface area contributed by atoms with Crippen molar-refractivity contribution in [1.82, 2.24) is 20.0 Å². The Morgan fingerprint density at radius 2 is 0.941 bits per heavy atom. The van der Waals surface area contributed by atoms with Crippen LogP contribution in [0.1, 0.15) is 91.9 Å². The van der Waals surface area contributed by atoms with Gasteiger partial charge in [0.1, 0.15) is 0 Å². The molecule has 2 aliphatic rings. The van der Waals surface area contributed by atoms with E-state index in [4.69, 9.17) is 24.4 Å². The van der Waals surface area contributed by atoms with Gasteiger partial charge in [-0.15, -0.1) is 0 Å². The molecule has 0 saturated heterocycles. The molecule has 2 aliphatic carbocycles. The van der Waals surface area contributed by atoms with Crippen molar-refractivity contribution < 1.29 is 9.13 Å². The first-order valence-electron chi connectivity index (χ1n) is 13.5. The fourth-order valence-corrected chi connectivity index (χ4v) is 9.10. The second-order valence-corrected chi connectivity index (χ2v) is 17.2. The minimum Gasteiger partial charge on any atom is -0.344 e. The van der Waals surface area contributed by atoms with Gasteiger partial charge in [-0.3, -0.25) is 0 Å². The van der Waals surface area contributed by atoms with Crippen LogP contribution in [0.5, 0.6) is 0 Å². The Hall–Kier alpha value is -0.160. The van der Waals surface area contributed by atoms with E-state index in [1.165, 1.54) is 38.5 Å². The average Bonchev–Trinajstić information content (AvgIpc) is 2.87. The molecular formula is C24H48N4O2P2S2. The Morgan fingerprint density at radius 1 is 0.647 bits per heavy atom. The minimum atomic E-state index is -2.49. The van der Waals surface area contributed by atoms with Crippen LogP contribution in [0.3, 0.4) is 0 Å². The molecule has 2 fully saturated rings. The van der Waals surface area contributed by atoms with Crippen LogP contribution in [0, 0.1) is 0 Å². The Kier molecular flexibility index (Phi) is 12.9. The van der Waals surface area contributed by atoms with Crippen molar-refractivity contribution in [3.8, 4) is 0 Å². The highest BCUT2D eigenvalue weighted by atomic mass is 32.1. The van der Waals surface area contributed by atoms with E-state index in [1.54, 1.807) is 0 Å². The summed E-state index contributed by atoms with van der Waals surface area (Å²) in [6.45, 7) is 9.37. The topological polar surface area (TPSA) is 64.7 Å². The zero-order valence-electron chi connectivity index (χ0n) is 21.9. The van der Waals surface area contributed by atoms with Crippen molar-refractivity contribution in [2.75, 3.05) is 37.7 Å². The molecule has 0 aromatic heterocycles. The van der Waals surface area contributed by atoms with Crippen LogP contribution in [0.15, 0.2) is 0 Å². The smallest absolute Gasteiger partial charge is 0.174 e. The number of nitrogens with one attached hydrogen (secondary N) is 2. The van der Waals surface area contributed by atoms with Crippen molar-refractivity contribution in [3.05, 3.63) is 0 Å². The highest BCUT2D eigenvalue weighted by Gasteiger charge is 2.31. The normalized spacial score (nSPS) is 18.4. The third kappa shape index (κ3) is 8.75. The lowest BCUT2D eigenvalue weighted by Crippen LogP contribution is -2.53. The molecule has 34 heavy (non-hydrogen) atoms. The van der Waals surface area contributed by atoms with Crippen molar-refractivity contribution in [2.24, 2.45) is 0 Å². The number of hydrogen-bond donors (Lipinski definition) is 2. The quantitative estimate of drug-likeness (QED) is 0.219. The number of thiocarbonyl (C=S) groups is 2. The van der Waals surface area contributed by atoms with Gasteiger partial charge in [-0.1, -0.05) is 66.2 Å². The van der Waals surface area contributed by atoms with Crippen molar-refractivity contribution in [1.29, 1.82) is 0 Å². The molecule has 0 heterocycles. The molecule has 0 unspecified atom stereocenters. The third-order valence-corrected chi connectivity index (χ3v) is 14.1. The van der Waals surface area contributed by atoms with Gasteiger partial charge in [-0.05, 0) is 50.1 Å². The highest BCUT2D eigenvalue weighted by Crippen LogP contribution is 2.41. The first-order valence-corrected chi connectivity index (χ1v) is 18.5. The Morgan fingerprint density at radius 3 is 1.21 bits per heavy atom. The van der Waals surface area contributed by atoms with E-state index in [-0.39, 0.29) is 0 Å². The maximum atomic E-state index is 13.2. The summed E-state index contributed by atoms with van der Waals surface area (Å²) in [6.07, 6.45) is 14.3. The molecule has 0 atom stereocenters. The van der Waals surface area contributed by atoms with Crippen LogP contribution in [0.2, 0.25) is 0 Å². The van der Waals surface area contributed by atoms with Crippen molar-refractivity contribution in [3.63, 3.8) is 0 Å². The second kappa shape index (κ2) is 14.5. The van der Waals surface area contributed by atoms with E-state index in [2.05, 4.69) is 20.0 Å². The first kappa shape index (κ1) is 30.1. The minimum absolute atomic E-state index is 0.378. The van der Waals surface area contributed by atoms with Crippen molar-refractivity contribution >= 4 is 49.2 Å². The summed E-state index contributed by atoms with van der Waals surface area (Å²) in [5.74, 6) is 0. The summed E-state index contributed by atoms with van der Waals surface area (Å²) in [4.78, 5) is 4.59. The number of rotatable bonds is 11. The maximum Gasteiger partial charge on any atom is 0.174 e.